The molecule has 2 heterocycles. The van der Waals surface area contributed by atoms with Crippen LogP contribution in [0.4, 0.5) is 11.4 Å². The zero-order valence-electron chi connectivity index (χ0n) is 17.3. The first-order valence-electron chi connectivity index (χ1n) is 10.2. The Morgan fingerprint density at radius 3 is 2.70 bits per heavy atom. The molecule has 0 spiro atoms. The molecule has 7 heteroatoms. The van der Waals surface area contributed by atoms with Crippen LogP contribution in [0.5, 0.6) is 0 Å². The van der Waals surface area contributed by atoms with Gasteiger partial charge in [-0.05, 0) is 66.6 Å². The fourth-order valence-electron chi connectivity index (χ4n) is 3.95. The van der Waals surface area contributed by atoms with Crippen molar-refractivity contribution in [1.29, 1.82) is 0 Å². The second-order valence-electron chi connectivity index (χ2n) is 7.77. The molecule has 4 rings (SSSR count). The summed E-state index contributed by atoms with van der Waals surface area (Å²) in [6.45, 7) is 6.99. The summed E-state index contributed by atoms with van der Waals surface area (Å²) in [5, 5.41) is 13.1. The lowest BCUT2D eigenvalue weighted by atomic mass is 9.96. The van der Waals surface area contributed by atoms with E-state index in [4.69, 9.17) is 11.6 Å². The third kappa shape index (κ3) is 3.85. The number of amidine groups is 1. The standard InChI is InChI=1S/C23H25ClN4O2/c1-4-15-12-18-19(11-14(15)3)28(21-20(25-18)22(29)27-23(30)26-21)10-9-13(2)16-5-7-17(24)8-6-16/h5-8,11-13,23,30H,4,9-10H2,1-3H3,(H,27,29). The van der Waals surface area contributed by atoms with Crippen LogP contribution >= 0.6 is 11.6 Å². The van der Waals surface area contributed by atoms with Crippen molar-refractivity contribution >= 4 is 40.4 Å². The van der Waals surface area contributed by atoms with Gasteiger partial charge in [-0.15, -0.1) is 0 Å². The molecule has 0 saturated heterocycles. The number of amides is 1. The quantitative estimate of drug-likeness (QED) is 0.758. The third-order valence-corrected chi connectivity index (χ3v) is 6.00. The zero-order valence-corrected chi connectivity index (χ0v) is 18.1. The molecule has 0 aromatic heterocycles. The molecule has 6 nitrogen and oxygen atoms in total. The van der Waals surface area contributed by atoms with Crippen molar-refractivity contribution in [2.75, 3.05) is 11.4 Å². The normalized spacial score (nSPS) is 18.8. The van der Waals surface area contributed by atoms with Gasteiger partial charge in [0, 0.05) is 11.6 Å². The van der Waals surface area contributed by atoms with Crippen LogP contribution in [-0.4, -0.2) is 35.5 Å². The van der Waals surface area contributed by atoms with E-state index in [0.717, 1.165) is 29.2 Å². The lowest BCUT2D eigenvalue weighted by Crippen LogP contribution is -2.54. The van der Waals surface area contributed by atoms with Gasteiger partial charge in [0.15, 0.2) is 11.5 Å². The highest BCUT2D eigenvalue weighted by molar-refractivity contribution is 6.70. The number of aliphatic hydroxyl groups is 1. The Bertz CT molecular complexity index is 1050. The Morgan fingerprint density at radius 2 is 2.00 bits per heavy atom. The largest absolute Gasteiger partial charge is 0.355 e. The van der Waals surface area contributed by atoms with E-state index in [1.54, 1.807) is 0 Å². The Hall–Kier alpha value is -2.70. The summed E-state index contributed by atoms with van der Waals surface area (Å²) in [6.07, 6.45) is 0.462. The van der Waals surface area contributed by atoms with Crippen LogP contribution in [-0.2, 0) is 11.2 Å². The summed E-state index contributed by atoms with van der Waals surface area (Å²) >= 11 is 6.02. The SMILES string of the molecule is CCc1cc2c(cc1C)N(CCC(C)c1ccc(Cl)cc1)C1=NC(O)NC(=O)C1=N2. The maximum atomic E-state index is 12.5. The molecule has 2 atom stereocenters. The predicted molar refractivity (Wildman–Crippen MR) is 121 cm³/mol. The predicted octanol–water partition coefficient (Wildman–Crippen LogP) is 4.10. The first kappa shape index (κ1) is 20.6. The number of carbonyl (C=O) groups excluding carboxylic acids is 1. The highest BCUT2D eigenvalue weighted by Gasteiger charge is 2.35. The molecule has 0 bridgehead atoms. The topological polar surface area (TPSA) is 77.3 Å². The molecule has 30 heavy (non-hydrogen) atoms. The van der Waals surface area contributed by atoms with E-state index >= 15 is 0 Å². The summed E-state index contributed by atoms with van der Waals surface area (Å²) in [5.74, 6) is 0.296. The van der Waals surface area contributed by atoms with Crippen LogP contribution in [0.3, 0.4) is 0 Å². The number of nitrogens with one attached hydrogen (secondary N) is 1. The molecule has 2 aliphatic heterocycles. The first-order chi connectivity index (χ1) is 14.4. The van der Waals surface area contributed by atoms with E-state index in [1.807, 2.05) is 35.2 Å². The van der Waals surface area contributed by atoms with Crippen LogP contribution in [0, 0.1) is 6.92 Å². The minimum Gasteiger partial charge on any atom is -0.355 e. The van der Waals surface area contributed by atoms with Crippen LogP contribution in [0.1, 0.15) is 42.9 Å². The van der Waals surface area contributed by atoms with Crippen molar-refractivity contribution in [1.82, 2.24) is 5.32 Å². The molecule has 0 saturated carbocycles. The molecule has 2 aliphatic rings. The van der Waals surface area contributed by atoms with Crippen LogP contribution in [0.15, 0.2) is 46.4 Å². The van der Waals surface area contributed by atoms with Gasteiger partial charge in [0.25, 0.3) is 5.91 Å². The van der Waals surface area contributed by atoms with Gasteiger partial charge in [0.2, 0.25) is 6.35 Å². The lowest BCUT2D eigenvalue weighted by molar-refractivity contribution is -0.117. The molecule has 0 radical (unpaired) electrons. The molecule has 0 aliphatic carbocycles. The van der Waals surface area contributed by atoms with E-state index in [-0.39, 0.29) is 11.6 Å². The number of hydrogen-bond acceptors (Lipinski definition) is 5. The number of nitrogens with zero attached hydrogens (tertiary/aromatic N) is 3. The van der Waals surface area contributed by atoms with Crippen molar-refractivity contribution in [2.45, 2.75) is 45.9 Å². The van der Waals surface area contributed by atoms with Gasteiger partial charge < -0.3 is 15.3 Å². The molecule has 156 valence electrons. The maximum Gasteiger partial charge on any atom is 0.277 e. The van der Waals surface area contributed by atoms with E-state index in [0.29, 0.717) is 12.4 Å². The van der Waals surface area contributed by atoms with Gasteiger partial charge in [-0.2, -0.15) is 0 Å². The zero-order chi connectivity index (χ0) is 21.4. The van der Waals surface area contributed by atoms with E-state index in [2.05, 4.69) is 42.1 Å². The average Bonchev–Trinajstić information content (AvgIpc) is 2.71. The fraction of sp³-hybridized carbons (Fsp3) is 0.348. The van der Waals surface area contributed by atoms with Gasteiger partial charge in [-0.25, -0.2) is 9.98 Å². The Labute approximate surface area is 181 Å². The minimum atomic E-state index is -1.26. The number of halogens is 1. The molecule has 1 amide bonds. The monoisotopic (exact) mass is 424 g/mol. The lowest BCUT2D eigenvalue weighted by Gasteiger charge is -2.35. The number of hydrogen-bond donors (Lipinski definition) is 2. The molecule has 2 aromatic carbocycles. The number of aryl methyl sites for hydroxylation is 2. The van der Waals surface area contributed by atoms with Crippen LogP contribution in [0.2, 0.25) is 5.02 Å². The van der Waals surface area contributed by atoms with Crippen LogP contribution in [0.25, 0.3) is 0 Å². The third-order valence-electron chi connectivity index (χ3n) is 5.75. The van der Waals surface area contributed by atoms with Crippen LogP contribution < -0.4 is 10.2 Å². The fourth-order valence-corrected chi connectivity index (χ4v) is 4.07. The van der Waals surface area contributed by atoms with Crippen molar-refractivity contribution in [3.05, 3.63) is 58.1 Å². The number of benzene rings is 2. The minimum absolute atomic E-state index is 0.248. The van der Waals surface area contributed by atoms with Gasteiger partial charge in [0.05, 0.1) is 11.4 Å². The molecular weight excluding hydrogens is 400 g/mol. The second kappa shape index (κ2) is 8.20. The summed E-state index contributed by atoms with van der Waals surface area (Å²) < 4.78 is 0. The number of aliphatic imine (C=N–C) groups is 2. The number of anilines is 1. The highest BCUT2D eigenvalue weighted by Crippen LogP contribution is 2.37. The first-order valence-corrected chi connectivity index (χ1v) is 10.6. The summed E-state index contributed by atoms with van der Waals surface area (Å²) in [5.41, 5.74) is 5.50. The molecule has 2 unspecified atom stereocenters. The van der Waals surface area contributed by atoms with E-state index < -0.39 is 12.3 Å². The smallest absolute Gasteiger partial charge is 0.277 e. The number of rotatable bonds is 5. The summed E-state index contributed by atoms with van der Waals surface area (Å²) in [4.78, 5) is 23.4. The molecule has 2 aromatic rings. The van der Waals surface area contributed by atoms with E-state index in [1.165, 1.54) is 16.7 Å². The number of carbonyl (C=O) groups is 1. The molecule has 0 fully saturated rings. The van der Waals surface area contributed by atoms with E-state index in [9.17, 15) is 9.90 Å². The van der Waals surface area contributed by atoms with Crippen molar-refractivity contribution in [2.24, 2.45) is 9.98 Å². The van der Waals surface area contributed by atoms with Crippen molar-refractivity contribution in [3.63, 3.8) is 0 Å². The molecule has 2 N–H and O–H groups in total. The van der Waals surface area contributed by atoms with Gasteiger partial charge in [-0.1, -0.05) is 37.6 Å². The average molecular weight is 425 g/mol. The summed E-state index contributed by atoms with van der Waals surface area (Å²) in [6, 6.07) is 12.0. The Kier molecular flexibility index (Phi) is 5.62. The highest BCUT2D eigenvalue weighted by atomic mass is 35.5. The Morgan fingerprint density at radius 1 is 1.27 bits per heavy atom. The number of fused-ring (bicyclic) bond motifs is 2. The second-order valence-corrected chi connectivity index (χ2v) is 8.21. The van der Waals surface area contributed by atoms with Crippen molar-refractivity contribution in [3.8, 4) is 0 Å². The van der Waals surface area contributed by atoms with Gasteiger partial charge in [-0.3, -0.25) is 4.79 Å². The molecular formula is C23H25ClN4O2. The number of aliphatic hydroxyl groups excluding tert-OH is 1. The summed E-state index contributed by atoms with van der Waals surface area (Å²) in [7, 11) is 0. The van der Waals surface area contributed by atoms with Crippen molar-refractivity contribution < 1.29 is 9.90 Å². The van der Waals surface area contributed by atoms with Gasteiger partial charge >= 0.3 is 0 Å². The van der Waals surface area contributed by atoms with Gasteiger partial charge in [0.1, 0.15) is 0 Å². The maximum absolute atomic E-state index is 12.5. The Balaban J connectivity index is 1.69.